The van der Waals surface area contributed by atoms with Crippen LogP contribution in [0, 0.1) is 24.6 Å². The summed E-state index contributed by atoms with van der Waals surface area (Å²) in [6, 6.07) is 7.26. The second kappa shape index (κ2) is 7.43. The summed E-state index contributed by atoms with van der Waals surface area (Å²) in [5, 5.41) is 0.925. The molecule has 1 aliphatic heterocycles. The first-order valence-corrected chi connectivity index (χ1v) is 9.82. The number of pyridine rings is 3. The van der Waals surface area contributed by atoms with E-state index >= 15 is 0 Å². The fourth-order valence-corrected chi connectivity index (χ4v) is 4.13. The van der Waals surface area contributed by atoms with Crippen LogP contribution in [0.2, 0.25) is 0 Å². The standard InChI is InChI=1S/C22H26FN5/c1-13-6-14(2)12-28(11-13)21-8-18(23)15(3)22(27-21)19-5-4-16-10-25-17(9-24)7-20(16)26-19/h4-5,7-8,10,13-14H,6,9,11-12,24H2,1-3H3/t13-,14+. The molecular weight excluding hydrogens is 353 g/mol. The van der Waals surface area contributed by atoms with Crippen LogP contribution < -0.4 is 10.6 Å². The van der Waals surface area contributed by atoms with Crippen molar-refractivity contribution >= 4 is 16.7 Å². The number of hydrogen-bond acceptors (Lipinski definition) is 5. The van der Waals surface area contributed by atoms with Crippen LogP contribution in [0.3, 0.4) is 0 Å². The van der Waals surface area contributed by atoms with E-state index in [1.54, 1.807) is 19.2 Å². The fourth-order valence-electron chi connectivity index (χ4n) is 4.13. The van der Waals surface area contributed by atoms with Crippen LogP contribution in [0.1, 0.15) is 31.5 Å². The first-order chi connectivity index (χ1) is 13.4. The zero-order chi connectivity index (χ0) is 19.8. The number of fused-ring (bicyclic) bond motifs is 1. The molecule has 3 aromatic rings. The smallest absolute Gasteiger partial charge is 0.132 e. The topological polar surface area (TPSA) is 67.9 Å². The zero-order valence-corrected chi connectivity index (χ0v) is 16.6. The molecule has 0 amide bonds. The predicted octanol–water partition coefficient (Wildman–Crippen LogP) is 4.08. The van der Waals surface area contributed by atoms with E-state index in [9.17, 15) is 4.39 Å². The summed E-state index contributed by atoms with van der Waals surface area (Å²) < 4.78 is 14.8. The van der Waals surface area contributed by atoms with Gasteiger partial charge in [0, 0.05) is 42.8 Å². The molecule has 146 valence electrons. The van der Waals surface area contributed by atoms with E-state index in [4.69, 9.17) is 15.7 Å². The maximum Gasteiger partial charge on any atom is 0.132 e. The van der Waals surface area contributed by atoms with Gasteiger partial charge < -0.3 is 10.6 Å². The molecule has 28 heavy (non-hydrogen) atoms. The minimum absolute atomic E-state index is 0.245. The molecule has 2 N–H and O–H groups in total. The molecule has 0 unspecified atom stereocenters. The van der Waals surface area contributed by atoms with Crippen LogP contribution >= 0.6 is 0 Å². The monoisotopic (exact) mass is 379 g/mol. The van der Waals surface area contributed by atoms with Gasteiger partial charge in [-0.1, -0.05) is 13.8 Å². The Bertz CT molecular complexity index is 1010. The van der Waals surface area contributed by atoms with Gasteiger partial charge in [0.05, 0.1) is 22.6 Å². The van der Waals surface area contributed by atoms with E-state index in [1.165, 1.54) is 6.42 Å². The van der Waals surface area contributed by atoms with Crippen molar-refractivity contribution in [1.82, 2.24) is 15.0 Å². The second-order valence-electron chi connectivity index (χ2n) is 8.06. The number of rotatable bonds is 3. The van der Waals surface area contributed by atoms with Gasteiger partial charge in [-0.25, -0.2) is 14.4 Å². The highest BCUT2D eigenvalue weighted by Crippen LogP contribution is 2.30. The fraction of sp³-hybridized carbons (Fsp3) is 0.409. The molecule has 5 nitrogen and oxygen atoms in total. The lowest BCUT2D eigenvalue weighted by molar-refractivity contribution is 0.355. The van der Waals surface area contributed by atoms with Gasteiger partial charge in [0.1, 0.15) is 11.6 Å². The molecule has 3 aromatic heterocycles. The predicted molar refractivity (Wildman–Crippen MR) is 111 cm³/mol. The second-order valence-corrected chi connectivity index (χ2v) is 8.06. The van der Waals surface area contributed by atoms with Gasteiger partial charge in [-0.2, -0.15) is 0 Å². The summed E-state index contributed by atoms with van der Waals surface area (Å²) in [6.45, 7) is 8.39. The van der Waals surface area contributed by atoms with E-state index in [0.717, 1.165) is 29.7 Å². The molecule has 4 rings (SSSR count). The highest BCUT2D eigenvalue weighted by Gasteiger charge is 2.24. The van der Waals surface area contributed by atoms with E-state index < -0.39 is 0 Å². The van der Waals surface area contributed by atoms with Crippen LogP contribution in [-0.4, -0.2) is 28.0 Å². The number of nitrogens with zero attached hydrogens (tertiary/aromatic N) is 4. The number of nitrogens with two attached hydrogens (primary N) is 1. The summed E-state index contributed by atoms with van der Waals surface area (Å²) in [7, 11) is 0. The van der Waals surface area contributed by atoms with Crippen molar-refractivity contribution in [3.63, 3.8) is 0 Å². The molecule has 1 aliphatic rings. The Labute approximate surface area is 164 Å². The van der Waals surface area contributed by atoms with E-state index in [0.29, 0.717) is 41.1 Å². The quantitative estimate of drug-likeness (QED) is 0.743. The van der Waals surface area contributed by atoms with Crippen molar-refractivity contribution in [2.24, 2.45) is 17.6 Å². The van der Waals surface area contributed by atoms with Gasteiger partial charge in [0.25, 0.3) is 0 Å². The van der Waals surface area contributed by atoms with Crippen LogP contribution in [0.25, 0.3) is 22.3 Å². The number of piperidine rings is 1. The van der Waals surface area contributed by atoms with E-state index in [2.05, 4.69) is 23.7 Å². The van der Waals surface area contributed by atoms with Crippen molar-refractivity contribution in [2.75, 3.05) is 18.0 Å². The third-order valence-electron chi connectivity index (χ3n) is 5.47. The van der Waals surface area contributed by atoms with Gasteiger partial charge in [0.15, 0.2) is 0 Å². The van der Waals surface area contributed by atoms with Crippen LogP contribution in [0.5, 0.6) is 0 Å². The Morgan fingerprint density at radius 3 is 2.61 bits per heavy atom. The Morgan fingerprint density at radius 1 is 1.14 bits per heavy atom. The molecule has 0 aromatic carbocycles. The van der Waals surface area contributed by atoms with E-state index in [1.807, 2.05) is 18.2 Å². The average molecular weight is 379 g/mol. The Morgan fingerprint density at radius 2 is 1.89 bits per heavy atom. The molecule has 4 heterocycles. The lowest BCUT2D eigenvalue weighted by Gasteiger charge is -2.36. The molecular formula is C22H26FN5. The van der Waals surface area contributed by atoms with Crippen LogP contribution in [-0.2, 0) is 6.54 Å². The van der Waals surface area contributed by atoms with Gasteiger partial charge in [-0.3, -0.25) is 4.98 Å². The van der Waals surface area contributed by atoms with Gasteiger partial charge in [0.2, 0.25) is 0 Å². The normalized spacial score (nSPS) is 20.0. The third kappa shape index (κ3) is 3.56. The number of aromatic nitrogens is 3. The number of hydrogen-bond donors (Lipinski definition) is 1. The van der Waals surface area contributed by atoms with Crippen molar-refractivity contribution in [3.8, 4) is 11.4 Å². The SMILES string of the molecule is Cc1c(F)cc(N2C[C@H](C)C[C@H](C)C2)nc1-c1ccc2cnc(CN)cc2n1. The number of anilines is 1. The van der Waals surface area contributed by atoms with Crippen molar-refractivity contribution < 1.29 is 4.39 Å². The maximum absolute atomic E-state index is 14.8. The minimum atomic E-state index is -0.245. The molecule has 0 radical (unpaired) electrons. The van der Waals surface area contributed by atoms with Crippen molar-refractivity contribution in [2.45, 2.75) is 33.7 Å². The molecule has 0 bridgehead atoms. The molecule has 1 saturated heterocycles. The Hall–Kier alpha value is -2.60. The molecule has 1 fully saturated rings. The van der Waals surface area contributed by atoms with Crippen LogP contribution in [0.15, 0.2) is 30.5 Å². The third-order valence-corrected chi connectivity index (χ3v) is 5.47. The molecule has 2 atom stereocenters. The van der Waals surface area contributed by atoms with Crippen molar-refractivity contribution in [3.05, 3.63) is 47.5 Å². The molecule has 6 heteroatoms. The van der Waals surface area contributed by atoms with Crippen molar-refractivity contribution in [1.29, 1.82) is 0 Å². The highest BCUT2D eigenvalue weighted by atomic mass is 19.1. The highest BCUT2D eigenvalue weighted by molar-refractivity contribution is 5.81. The summed E-state index contributed by atoms with van der Waals surface area (Å²) in [5.41, 5.74) is 9.04. The summed E-state index contributed by atoms with van der Waals surface area (Å²) in [5.74, 6) is 1.58. The Balaban J connectivity index is 1.79. The maximum atomic E-state index is 14.8. The summed E-state index contributed by atoms with van der Waals surface area (Å²) in [4.78, 5) is 16.1. The molecule has 0 spiro atoms. The first kappa shape index (κ1) is 18.7. The lowest BCUT2D eigenvalue weighted by Crippen LogP contribution is -2.39. The van der Waals surface area contributed by atoms with Gasteiger partial charge in [-0.05, 0) is 43.4 Å². The minimum Gasteiger partial charge on any atom is -0.356 e. The lowest BCUT2D eigenvalue weighted by atomic mass is 9.92. The van der Waals surface area contributed by atoms with Gasteiger partial charge in [-0.15, -0.1) is 0 Å². The number of halogens is 1. The summed E-state index contributed by atoms with van der Waals surface area (Å²) in [6.07, 6.45) is 2.96. The average Bonchev–Trinajstić information content (AvgIpc) is 2.68. The van der Waals surface area contributed by atoms with Gasteiger partial charge >= 0.3 is 0 Å². The Kier molecular flexibility index (Phi) is 4.98. The molecule has 0 saturated carbocycles. The van der Waals surface area contributed by atoms with E-state index in [-0.39, 0.29) is 5.82 Å². The largest absolute Gasteiger partial charge is 0.356 e. The zero-order valence-electron chi connectivity index (χ0n) is 16.6. The molecule has 0 aliphatic carbocycles. The summed E-state index contributed by atoms with van der Waals surface area (Å²) >= 11 is 0. The van der Waals surface area contributed by atoms with Crippen LogP contribution in [0.4, 0.5) is 10.2 Å². The first-order valence-electron chi connectivity index (χ1n) is 9.82.